The second-order valence-corrected chi connectivity index (χ2v) is 6.71. The third kappa shape index (κ3) is 5.68. The predicted octanol–water partition coefficient (Wildman–Crippen LogP) is 3.28. The molecule has 120 valence electrons. The van der Waals surface area contributed by atoms with Crippen molar-refractivity contribution in [3.63, 3.8) is 0 Å². The third-order valence-corrected chi connectivity index (χ3v) is 4.18. The van der Waals surface area contributed by atoms with Gasteiger partial charge in [-0.25, -0.2) is 4.79 Å². The van der Waals surface area contributed by atoms with Crippen LogP contribution in [-0.4, -0.2) is 23.0 Å². The fraction of sp³-hybridized carbons (Fsp3) is 0.529. The first kappa shape index (κ1) is 16.8. The summed E-state index contributed by atoms with van der Waals surface area (Å²) in [5, 5.41) is 12.5. The molecule has 2 atom stereocenters. The van der Waals surface area contributed by atoms with Crippen LogP contribution in [0.5, 0.6) is 0 Å². The van der Waals surface area contributed by atoms with Crippen molar-refractivity contribution in [2.45, 2.75) is 45.1 Å². The fourth-order valence-corrected chi connectivity index (χ4v) is 2.70. The Morgan fingerprint density at radius 1 is 1.32 bits per heavy atom. The monoisotopic (exact) mass is 323 g/mol. The molecule has 2 N–H and O–H groups in total. The van der Waals surface area contributed by atoms with Crippen LogP contribution in [0.15, 0.2) is 24.3 Å². The van der Waals surface area contributed by atoms with Crippen LogP contribution in [0.1, 0.15) is 38.2 Å². The second-order valence-electron chi connectivity index (χ2n) is 6.28. The first-order valence-corrected chi connectivity index (χ1v) is 8.08. The maximum Gasteiger partial charge on any atom is 0.326 e. The Bertz CT molecular complexity index is 525. The molecule has 5 heteroatoms. The zero-order valence-electron chi connectivity index (χ0n) is 12.7. The van der Waals surface area contributed by atoms with Crippen LogP contribution in [0.2, 0.25) is 5.02 Å². The molecule has 1 aromatic rings. The van der Waals surface area contributed by atoms with Gasteiger partial charge in [0.05, 0.1) is 0 Å². The summed E-state index contributed by atoms with van der Waals surface area (Å²) in [7, 11) is 0. The molecule has 1 aliphatic rings. The number of aliphatic carboxylic acids is 1. The van der Waals surface area contributed by atoms with Gasteiger partial charge in [0, 0.05) is 11.4 Å². The highest BCUT2D eigenvalue weighted by Crippen LogP contribution is 2.33. The lowest BCUT2D eigenvalue weighted by Crippen LogP contribution is -2.41. The first-order chi connectivity index (χ1) is 10.4. The van der Waals surface area contributed by atoms with Crippen molar-refractivity contribution in [2.24, 2.45) is 11.8 Å². The average molecular weight is 324 g/mol. The van der Waals surface area contributed by atoms with E-state index < -0.39 is 12.0 Å². The van der Waals surface area contributed by atoms with Crippen molar-refractivity contribution in [2.75, 3.05) is 0 Å². The quantitative estimate of drug-likeness (QED) is 0.771. The topological polar surface area (TPSA) is 66.4 Å². The van der Waals surface area contributed by atoms with Gasteiger partial charge < -0.3 is 10.4 Å². The maximum atomic E-state index is 12.0. The molecule has 22 heavy (non-hydrogen) atoms. The number of halogens is 1. The summed E-state index contributed by atoms with van der Waals surface area (Å²) in [4.78, 5) is 23.2. The van der Waals surface area contributed by atoms with Crippen LogP contribution in [0, 0.1) is 11.8 Å². The molecule has 0 heterocycles. The van der Waals surface area contributed by atoms with Crippen LogP contribution >= 0.6 is 11.6 Å². The smallest absolute Gasteiger partial charge is 0.326 e. The highest BCUT2D eigenvalue weighted by atomic mass is 35.5. The molecule has 2 unspecified atom stereocenters. The Kier molecular flexibility index (Phi) is 5.83. The predicted molar refractivity (Wildman–Crippen MR) is 85.8 cm³/mol. The summed E-state index contributed by atoms with van der Waals surface area (Å²) in [6, 6.07) is 6.82. The van der Waals surface area contributed by atoms with Gasteiger partial charge in [-0.05, 0) is 42.4 Å². The van der Waals surface area contributed by atoms with E-state index in [4.69, 9.17) is 16.7 Å². The van der Waals surface area contributed by atoms with E-state index in [1.165, 1.54) is 0 Å². The number of nitrogens with one attached hydrogen (secondary N) is 1. The standard InChI is InChI=1S/C17H22ClNO3/c1-11(8-12-4-6-14(18)7-5-12)9-16(20)19-15(17(21)22)10-13-2-3-13/h4-7,11,13,15H,2-3,8-10H2,1H3,(H,19,20)(H,21,22). The Balaban J connectivity index is 1.79. The molecule has 1 aliphatic carbocycles. The summed E-state index contributed by atoms with van der Waals surface area (Å²) >= 11 is 5.85. The normalized spacial score (nSPS) is 16.8. The average Bonchev–Trinajstić information content (AvgIpc) is 3.24. The van der Waals surface area contributed by atoms with Crippen LogP contribution in [0.25, 0.3) is 0 Å². The van der Waals surface area contributed by atoms with Gasteiger partial charge in [0.1, 0.15) is 6.04 Å². The number of carbonyl (C=O) groups excluding carboxylic acids is 1. The summed E-state index contributed by atoms with van der Waals surface area (Å²) in [6.45, 7) is 1.99. The largest absolute Gasteiger partial charge is 0.480 e. The molecule has 0 spiro atoms. The number of rotatable bonds is 8. The molecule has 1 aromatic carbocycles. The minimum absolute atomic E-state index is 0.150. The van der Waals surface area contributed by atoms with Crippen molar-refractivity contribution < 1.29 is 14.7 Å². The van der Waals surface area contributed by atoms with Gasteiger partial charge in [-0.1, -0.05) is 43.5 Å². The van der Waals surface area contributed by atoms with Gasteiger partial charge in [-0.15, -0.1) is 0 Å². The molecular formula is C17H22ClNO3. The van der Waals surface area contributed by atoms with E-state index in [2.05, 4.69) is 5.32 Å². The highest BCUT2D eigenvalue weighted by molar-refractivity contribution is 6.30. The highest BCUT2D eigenvalue weighted by Gasteiger charge is 2.30. The first-order valence-electron chi connectivity index (χ1n) is 7.70. The van der Waals surface area contributed by atoms with Crippen LogP contribution in [-0.2, 0) is 16.0 Å². The number of amides is 1. The zero-order chi connectivity index (χ0) is 16.1. The van der Waals surface area contributed by atoms with Crippen LogP contribution in [0.4, 0.5) is 0 Å². The van der Waals surface area contributed by atoms with Gasteiger partial charge in [-0.2, -0.15) is 0 Å². The van der Waals surface area contributed by atoms with Gasteiger partial charge in [0.2, 0.25) is 5.91 Å². The van der Waals surface area contributed by atoms with Gasteiger partial charge in [0.15, 0.2) is 0 Å². The van der Waals surface area contributed by atoms with Gasteiger partial charge in [-0.3, -0.25) is 4.79 Å². The lowest BCUT2D eigenvalue weighted by Gasteiger charge is -2.16. The van der Waals surface area contributed by atoms with Gasteiger partial charge >= 0.3 is 5.97 Å². The van der Waals surface area contributed by atoms with Crippen molar-refractivity contribution in [3.05, 3.63) is 34.9 Å². The Morgan fingerprint density at radius 3 is 2.50 bits per heavy atom. The van der Waals surface area contributed by atoms with Gasteiger partial charge in [0.25, 0.3) is 0 Å². The van der Waals surface area contributed by atoms with E-state index in [9.17, 15) is 9.59 Å². The second kappa shape index (κ2) is 7.63. The number of carboxylic acids is 1. The number of carboxylic acid groups (broad SMARTS) is 1. The SMILES string of the molecule is CC(CC(=O)NC(CC1CC1)C(=O)O)Cc1ccc(Cl)cc1. The number of hydrogen-bond acceptors (Lipinski definition) is 2. The molecule has 2 rings (SSSR count). The summed E-state index contributed by atoms with van der Waals surface area (Å²) in [5.74, 6) is -0.510. The number of hydrogen-bond donors (Lipinski definition) is 2. The van der Waals surface area contributed by atoms with Crippen LogP contribution in [0.3, 0.4) is 0 Å². The lowest BCUT2D eigenvalue weighted by atomic mass is 9.97. The lowest BCUT2D eigenvalue weighted by molar-refractivity contribution is -0.142. The Hall–Kier alpha value is -1.55. The van der Waals surface area contributed by atoms with E-state index in [1.807, 2.05) is 31.2 Å². The Morgan fingerprint density at radius 2 is 1.95 bits per heavy atom. The number of benzene rings is 1. The van der Waals surface area contributed by atoms with Crippen molar-refractivity contribution in [3.8, 4) is 0 Å². The molecule has 0 aromatic heterocycles. The van der Waals surface area contributed by atoms with E-state index in [0.717, 1.165) is 24.8 Å². The molecule has 0 radical (unpaired) electrons. The minimum Gasteiger partial charge on any atom is -0.480 e. The molecule has 0 saturated heterocycles. The van der Waals surface area contributed by atoms with E-state index in [0.29, 0.717) is 23.8 Å². The molecule has 1 saturated carbocycles. The van der Waals surface area contributed by atoms with Crippen molar-refractivity contribution in [1.82, 2.24) is 5.32 Å². The van der Waals surface area contributed by atoms with E-state index >= 15 is 0 Å². The minimum atomic E-state index is -0.939. The van der Waals surface area contributed by atoms with Crippen molar-refractivity contribution >= 4 is 23.5 Å². The molecule has 0 aliphatic heterocycles. The molecular weight excluding hydrogens is 302 g/mol. The summed E-state index contributed by atoms with van der Waals surface area (Å²) < 4.78 is 0. The number of carbonyl (C=O) groups is 2. The molecule has 4 nitrogen and oxygen atoms in total. The summed E-state index contributed by atoms with van der Waals surface area (Å²) in [5.41, 5.74) is 1.12. The third-order valence-electron chi connectivity index (χ3n) is 3.93. The van der Waals surface area contributed by atoms with Crippen molar-refractivity contribution in [1.29, 1.82) is 0 Å². The van der Waals surface area contributed by atoms with E-state index in [-0.39, 0.29) is 11.8 Å². The Labute approximate surface area is 135 Å². The van der Waals surface area contributed by atoms with Crippen LogP contribution < -0.4 is 5.32 Å². The summed E-state index contributed by atoms with van der Waals surface area (Å²) in [6.07, 6.45) is 3.80. The fourth-order valence-electron chi connectivity index (χ4n) is 2.57. The molecule has 1 amide bonds. The molecule has 0 bridgehead atoms. The zero-order valence-corrected chi connectivity index (χ0v) is 13.5. The molecule has 1 fully saturated rings. The maximum absolute atomic E-state index is 12.0. The van der Waals surface area contributed by atoms with E-state index in [1.54, 1.807) is 0 Å².